The van der Waals surface area contributed by atoms with E-state index in [1.54, 1.807) is 0 Å². The molecule has 6 rings (SSSR count). The molecule has 5 aromatic rings. The zero-order chi connectivity index (χ0) is 27.3. The van der Waals surface area contributed by atoms with Crippen molar-refractivity contribution in [2.75, 3.05) is 25.5 Å². The smallest absolute Gasteiger partial charge is 0.227 e. The summed E-state index contributed by atoms with van der Waals surface area (Å²) in [5.74, 6) is 0.924. The minimum atomic E-state index is 0.295. The molecule has 40 heavy (non-hydrogen) atoms. The largest absolute Gasteiger partial charge is 0.324 e. The molecule has 1 aromatic heterocycles. The number of anilines is 2. The van der Waals surface area contributed by atoms with Gasteiger partial charge in [-0.2, -0.15) is 0 Å². The molecule has 0 bridgehead atoms. The summed E-state index contributed by atoms with van der Waals surface area (Å²) in [5.41, 5.74) is 9.75. The molecule has 1 N–H and O–H groups in total. The number of rotatable bonds is 9. The fourth-order valence-electron chi connectivity index (χ4n) is 5.47. The number of fused-ring (bicyclic) bond motifs is 3. The second-order valence-electron chi connectivity index (χ2n) is 10.6. The van der Waals surface area contributed by atoms with Crippen LogP contribution in [0.1, 0.15) is 33.7 Å². The van der Waals surface area contributed by atoms with Gasteiger partial charge >= 0.3 is 0 Å². The fraction of sp³-hybridized carbons (Fsp3) is 0.200. The zero-order valence-corrected chi connectivity index (χ0v) is 24.3. The first-order valence-electron chi connectivity index (χ1n) is 13.9. The molecule has 4 aromatic carbocycles. The third-order valence-electron chi connectivity index (χ3n) is 7.77. The van der Waals surface area contributed by atoms with E-state index in [0.717, 1.165) is 48.2 Å². The van der Waals surface area contributed by atoms with Crippen LogP contribution >= 0.6 is 15.9 Å². The average Bonchev–Trinajstić information content (AvgIpc) is 3.00. The summed E-state index contributed by atoms with van der Waals surface area (Å²) in [7, 11) is 2.20. The van der Waals surface area contributed by atoms with Crippen LogP contribution in [0.15, 0.2) is 114 Å². The van der Waals surface area contributed by atoms with Gasteiger partial charge in [-0.15, -0.1) is 0 Å². The lowest BCUT2D eigenvalue weighted by atomic mass is 9.78. The number of nitrogens with one attached hydrogen (secondary N) is 1. The van der Waals surface area contributed by atoms with Crippen molar-refractivity contribution in [2.24, 2.45) is 0 Å². The zero-order valence-electron chi connectivity index (χ0n) is 22.7. The van der Waals surface area contributed by atoms with E-state index < -0.39 is 0 Å². The molecule has 1 atom stereocenters. The van der Waals surface area contributed by atoms with E-state index in [4.69, 9.17) is 9.97 Å². The number of halogens is 1. The minimum Gasteiger partial charge on any atom is -0.324 e. The van der Waals surface area contributed by atoms with Crippen LogP contribution in [0.25, 0.3) is 11.3 Å². The van der Waals surface area contributed by atoms with E-state index in [1.807, 2.05) is 6.20 Å². The molecule has 0 aliphatic heterocycles. The average molecular weight is 590 g/mol. The molecule has 4 nitrogen and oxygen atoms in total. The third-order valence-corrected chi connectivity index (χ3v) is 8.30. The van der Waals surface area contributed by atoms with E-state index >= 15 is 0 Å². The predicted octanol–water partition coefficient (Wildman–Crippen LogP) is 8.05. The molecule has 0 spiro atoms. The van der Waals surface area contributed by atoms with Crippen LogP contribution in [-0.2, 0) is 19.3 Å². The summed E-state index contributed by atoms with van der Waals surface area (Å²) in [6, 6.07) is 36.6. The first-order valence-corrected chi connectivity index (χ1v) is 14.7. The molecule has 0 fully saturated rings. The Morgan fingerprint density at radius 2 is 1.48 bits per heavy atom. The molecule has 5 heteroatoms. The van der Waals surface area contributed by atoms with Gasteiger partial charge in [0.05, 0.1) is 5.69 Å². The van der Waals surface area contributed by atoms with Gasteiger partial charge in [-0.05, 0) is 78.4 Å². The van der Waals surface area contributed by atoms with Crippen LogP contribution in [0, 0.1) is 0 Å². The van der Waals surface area contributed by atoms with Crippen LogP contribution in [-0.4, -0.2) is 35.0 Å². The molecule has 0 amide bonds. The van der Waals surface area contributed by atoms with E-state index in [0.29, 0.717) is 11.9 Å². The summed E-state index contributed by atoms with van der Waals surface area (Å²) in [5, 5.41) is 3.43. The quantitative estimate of drug-likeness (QED) is 0.189. The van der Waals surface area contributed by atoms with E-state index in [-0.39, 0.29) is 0 Å². The minimum absolute atomic E-state index is 0.295. The summed E-state index contributed by atoms with van der Waals surface area (Å²) >= 11 is 3.56. The number of benzene rings is 4. The van der Waals surface area contributed by atoms with Crippen LogP contribution < -0.4 is 5.32 Å². The highest BCUT2D eigenvalue weighted by atomic mass is 79.9. The summed E-state index contributed by atoms with van der Waals surface area (Å²) in [4.78, 5) is 12.1. The summed E-state index contributed by atoms with van der Waals surface area (Å²) in [6.07, 6.45) is 4.99. The highest BCUT2D eigenvalue weighted by Crippen LogP contribution is 2.42. The third kappa shape index (κ3) is 6.16. The lowest BCUT2D eigenvalue weighted by Gasteiger charge is -2.27. The highest BCUT2D eigenvalue weighted by Gasteiger charge is 2.27. The Morgan fingerprint density at radius 1 is 0.800 bits per heavy atom. The lowest BCUT2D eigenvalue weighted by molar-refractivity contribution is 0.343. The van der Waals surface area contributed by atoms with Gasteiger partial charge in [-0.1, -0.05) is 94.8 Å². The first-order chi connectivity index (χ1) is 19.6. The van der Waals surface area contributed by atoms with Gasteiger partial charge in [-0.3, -0.25) is 0 Å². The second kappa shape index (κ2) is 12.2. The Kier molecular flexibility index (Phi) is 8.03. The van der Waals surface area contributed by atoms with Crippen molar-refractivity contribution in [3.8, 4) is 11.3 Å². The first kappa shape index (κ1) is 26.4. The number of hydrogen-bond acceptors (Lipinski definition) is 4. The van der Waals surface area contributed by atoms with Crippen molar-refractivity contribution in [1.29, 1.82) is 0 Å². The van der Waals surface area contributed by atoms with Gasteiger partial charge in [0.2, 0.25) is 5.95 Å². The van der Waals surface area contributed by atoms with Gasteiger partial charge in [0.15, 0.2) is 0 Å². The Hall–Kier alpha value is -3.80. The van der Waals surface area contributed by atoms with Crippen LogP contribution in [0.5, 0.6) is 0 Å². The Bertz CT molecular complexity index is 1570. The Balaban J connectivity index is 1.10. The number of nitrogens with zero attached hydrogens (tertiary/aromatic N) is 3. The van der Waals surface area contributed by atoms with Crippen LogP contribution in [0.2, 0.25) is 0 Å². The highest BCUT2D eigenvalue weighted by molar-refractivity contribution is 9.10. The lowest BCUT2D eigenvalue weighted by Crippen LogP contribution is -2.23. The van der Waals surface area contributed by atoms with Crippen molar-refractivity contribution >= 4 is 27.6 Å². The molecule has 1 aliphatic carbocycles. The van der Waals surface area contributed by atoms with Gasteiger partial charge in [0.25, 0.3) is 0 Å². The molecule has 200 valence electrons. The van der Waals surface area contributed by atoms with Gasteiger partial charge in [0.1, 0.15) is 0 Å². The predicted molar refractivity (Wildman–Crippen MR) is 168 cm³/mol. The van der Waals surface area contributed by atoms with Gasteiger partial charge in [0, 0.05) is 40.9 Å². The Morgan fingerprint density at radius 3 is 2.23 bits per heavy atom. The van der Waals surface area contributed by atoms with Crippen LogP contribution in [0.3, 0.4) is 0 Å². The Labute approximate surface area is 245 Å². The standard InChI is InChI=1S/C35H33BrN4/c1-40(21-19-25-7-3-2-4-8-25)22-20-26-11-17-30(18-12-26)38-35-37-24-28-23-33(27-13-15-29(36)16-14-27)31-9-5-6-10-32(31)34(28)39-35/h2-18,24,33H,19-23H2,1H3,(H,37,38,39)/t33-/m0/s1. The summed E-state index contributed by atoms with van der Waals surface area (Å²) < 4.78 is 1.10. The SMILES string of the molecule is CN(CCc1ccccc1)CCc1ccc(Nc2ncc3c(n2)-c2ccccc2[C@H](c2ccc(Br)cc2)C3)cc1. The van der Waals surface area contributed by atoms with Crippen molar-refractivity contribution in [1.82, 2.24) is 14.9 Å². The van der Waals surface area contributed by atoms with Crippen molar-refractivity contribution in [3.05, 3.63) is 142 Å². The molecule has 0 saturated heterocycles. The maximum Gasteiger partial charge on any atom is 0.227 e. The van der Waals surface area contributed by atoms with Crippen molar-refractivity contribution < 1.29 is 0 Å². The molecule has 1 aliphatic rings. The van der Waals surface area contributed by atoms with Gasteiger partial charge < -0.3 is 10.2 Å². The number of likely N-dealkylation sites (N-methyl/N-ethyl adjacent to an activating group) is 1. The monoisotopic (exact) mass is 588 g/mol. The van der Waals surface area contributed by atoms with Crippen molar-refractivity contribution in [2.45, 2.75) is 25.2 Å². The molecular formula is C35H33BrN4. The molecule has 0 saturated carbocycles. The topological polar surface area (TPSA) is 41.0 Å². The maximum absolute atomic E-state index is 4.98. The van der Waals surface area contributed by atoms with Gasteiger partial charge in [-0.25, -0.2) is 9.97 Å². The molecule has 0 radical (unpaired) electrons. The second-order valence-corrected chi connectivity index (χ2v) is 11.5. The van der Waals surface area contributed by atoms with Crippen molar-refractivity contribution in [3.63, 3.8) is 0 Å². The fourth-order valence-corrected chi connectivity index (χ4v) is 5.73. The van der Waals surface area contributed by atoms with Crippen LogP contribution in [0.4, 0.5) is 11.6 Å². The molecule has 1 heterocycles. The number of aromatic nitrogens is 2. The van der Waals surface area contributed by atoms with E-state index in [1.165, 1.54) is 33.4 Å². The number of hydrogen-bond donors (Lipinski definition) is 1. The molecule has 0 unspecified atom stereocenters. The summed E-state index contributed by atoms with van der Waals surface area (Å²) in [6.45, 7) is 2.10. The maximum atomic E-state index is 4.98. The van der Waals surface area contributed by atoms with E-state index in [9.17, 15) is 0 Å². The molecular weight excluding hydrogens is 556 g/mol. The normalized spacial score (nSPS) is 14.0. The van der Waals surface area contributed by atoms with E-state index in [2.05, 4.69) is 136 Å².